The van der Waals surface area contributed by atoms with Gasteiger partial charge in [-0.15, -0.1) is 0 Å². The van der Waals surface area contributed by atoms with E-state index in [1.54, 1.807) is 13.8 Å². The Labute approximate surface area is 142 Å². The topological polar surface area (TPSA) is 91.5 Å². The van der Waals surface area contributed by atoms with Crippen LogP contribution >= 0.6 is 0 Å². The maximum atomic E-state index is 12.1. The molecule has 4 rings (SSSR count). The van der Waals surface area contributed by atoms with Crippen molar-refractivity contribution in [2.24, 2.45) is 0 Å². The first-order valence-corrected chi connectivity index (χ1v) is 7.99. The Morgan fingerprint density at radius 1 is 0.760 bits per heavy atom. The number of hydrogen-bond acceptors (Lipinski definition) is 4. The number of aryl methyl sites for hydroxylation is 2. The molecule has 0 atom stereocenters. The Morgan fingerprint density at radius 2 is 1.20 bits per heavy atom. The monoisotopic (exact) mass is 332 g/mol. The molecule has 0 spiro atoms. The molecule has 0 saturated heterocycles. The lowest BCUT2D eigenvalue weighted by atomic mass is 10.0. The lowest BCUT2D eigenvalue weighted by molar-refractivity contribution is 1.05. The van der Waals surface area contributed by atoms with Crippen LogP contribution in [0.3, 0.4) is 0 Å². The van der Waals surface area contributed by atoms with Gasteiger partial charge in [0.25, 0.3) is 11.1 Å². The van der Waals surface area contributed by atoms with Gasteiger partial charge in [-0.3, -0.25) is 9.59 Å². The van der Waals surface area contributed by atoms with Gasteiger partial charge in [-0.1, -0.05) is 12.1 Å². The Kier molecular flexibility index (Phi) is 3.46. The number of H-pyrrole nitrogens is 2. The number of aromatic nitrogens is 4. The van der Waals surface area contributed by atoms with Crippen LogP contribution in [0.1, 0.15) is 22.8 Å². The number of nitrogens with one attached hydrogen (secondary N) is 2. The number of aromatic amines is 2. The largest absolute Gasteiger partial charge is 0.310 e. The smallest absolute Gasteiger partial charge is 0.258 e. The van der Waals surface area contributed by atoms with Gasteiger partial charge in [0, 0.05) is 0 Å². The molecule has 0 aliphatic heterocycles. The first-order chi connectivity index (χ1) is 12.0. The zero-order valence-corrected chi connectivity index (χ0v) is 13.9. The van der Waals surface area contributed by atoms with Crippen molar-refractivity contribution in [3.63, 3.8) is 0 Å². The number of fused-ring (bicyclic) bond motifs is 2. The molecule has 2 N–H and O–H groups in total. The summed E-state index contributed by atoms with van der Waals surface area (Å²) < 4.78 is 0. The van der Waals surface area contributed by atoms with E-state index in [9.17, 15) is 9.59 Å². The van der Waals surface area contributed by atoms with E-state index >= 15 is 0 Å². The van der Waals surface area contributed by atoms with E-state index in [1.165, 1.54) is 0 Å². The van der Waals surface area contributed by atoms with Crippen LogP contribution < -0.4 is 11.1 Å². The minimum Gasteiger partial charge on any atom is -0.310 e. The average molecular weight is 332 g/mol. The van der Waals surface area contributed by atoms with E-state index in [-0.39, 0.29) is 11.1 Å². The molecule has 2 heterocycles. The second kappa shape index (κ2) is 5.66. The predicted octanol–water partition coefficient (Wildman–Crippen LogP) is 2.37. The minimum atomic E-state index is -0.140. The SMILES string of the molecule is Cc1nc2ccc(Cc3ccc4nc(C)[nH]c(=O)c4c3)cc2c(=O)[nH]1. The predicted molar refractivity (Wildman–Crippen MR) is 97.0 cm³/mol. The molecular formula is C19H16N4O2. The van der Waals surface area contributed by atoms with Crippen LogP contribution in [0.4, 0.5) is 0 Å². The van der Waals surface area contributed by atoms with E-state index < -0.39 is 0 Å². The Morgan fingerprint density at radius 3 is 1.64 bits per heavy atom. The second-order valence-corrected chi connectivity index (χ2v) is 6.18. The maximum absolute atomic E-state index is 12.1. The summed E-state index contributed by atoms with van der Waals surface area (Å²) in [6, 6.07) is 11.3. The molecule has 0 unspecified atom stereocenters. The molecule has 6 heteroatoms. The van der Waals surface area contributed by atoms with Gasteiger partial charge in [-0.05, 0) is 55.7 Å². The first kappa shape index (κ1) is 15.3. The molecular weight excluding hydrogens is 316 g/mol. The molecule has 6 nitrogen and oxygen atoms in total. The van der Waals surface area contributed by atoms with Gasteiger partial charge < -0.3 is 9.97 Å². The molecule has 0 radical (unpaired) electrons. The van der Waals surface area contributed by atoms with Gasteiger partial charge in [-0.25, -0.2) is 9.97 Å². The van der Waals surface area contributed by atoms with Crippen molar-refractivity contribution in [2.45, 2.75) is 20.3 Å². The van der Waals surface area contributed by atoms with Crippen molar-refractivity contribution in [1.82, 2.24) is 19.9 Å². The standard InChI is InChI=1S/C19H16N4O2/c1-10-20-16-5-3-12(8-14(16)18(24)22-10)7-13-4-6-17-15(9-13)19(25)23-11(2)21-17/h3-6,8-9H,7H2,1-2H3,(H,20,22,24)(H,21,23,25). The fourth-order valence-electron chi connectivity index (χ4n) is 3.06. The van der Waals surface area contributed by atoms with Crippen LogP contribution in [-0.4, -0.2) is 19.9 Å². The molecule has 0 aliphatic carbocycles. The van der Waals surface area contributed by atoms with Gasteiger partial charge in [0.1, 0.15) is 11.6 Å². The van der Waals surface area contributed by atoms with Crippen LogP contribution in [0.2, 0.25) is 0 Å². The average Bonchev–Trinajstić information content (AvgIpc) is 2.56. The number of nitrogens with zero attached hydrogens (tertiary/aromatic N) is 2. The zero-order valence-electron chi connectivity index (χ0n) is 13.9. The molecule has 0 saturated carbocycles. The molecule has 0 aliphatic rings. The highest BCUT2D eigenvalue weighted by molar-refractivity contribution is 5.79. The van der Waals surface area contributed by atoms with Crippen LogP contribution in [0.5, 0.6) is 0 Å². The lowest BCUT2D eigenvalue weighted by Gasteiger charge is -2.06. The third-order valence-electron chi connectivity index (χ3n) is 4.18. The van der Waals surface area contributed by atoms with Crippen LogP contribution in [0.25, 0.3) is 21.8 Å². The van der Waals surface area contributed by atoms with Crippen molar-refractivity contribution in [3.8, 4) is 0 Å². The first-order valence-electron chi connectivity index (χ1n) is 7.99. The van der Waals surface area contributed by atoms with E-state index in [0.717, 1.165) is 11.1 Å². The molecule has 4 aromatic rings. The van der Waals surface area contributed by atoms with Gasteiger partial charge in [0.15, 0.2) is 0 Å². The summed E-state index contributed by atoms with van der Waals surface area (Å²) in [4.78, 5) is 38.3. The Balaban J connectivity index is 1.77. The summed E-state index contributed by atoms with van der Waals surface area (Å²) in [5.74, 6) is 1.20. The third kappa shape index (κ3) is 2.82. The number of benzene rings is 2. The molecule has 2 aromatic heterocycles. The summed E-state index contributed by atoms with van der Waals surface area (Å²) in [5.41, 5.74) is 3.05. The Hall–Kier alpha value is -3.28. The summed E-state index contributed by atoms with van der Waals surface area (Å²) in [5, 5.41) is 1.14. The van der Waals surface area contributed by atoms with Crippen molar-refractivity contribution < 1.29 is 0 Å². The van der Waals surface area contributed by atoms with Gasteiger partial charge in [0.05, 0.1) is 21.8 Å². The zero-order chi connectivity index (χ0) is 17.6. The molecule has 0 bridgehead atoms. The summed E-state index contributed by atoms with van der Waals surface area (Å²) in [6.07, 6.45) is 0.618. The highest BCUT2D eigenvalue weighted by Gasteiger charge is 2.06. The van der Waals surface area contributed by atoms with Crippen molar-refractivity contribution >= 4 is 21.8 Å². The lowest BCUT2D eigenvalue weighted by Crippen LogP contribution is -2.10. The van der Waals surface area contributed by atoms with Gasteiger partial charge in [0.2, 0.25) is 0 Å². The molecule has 0 fully saturated rings. The maximum Gasteiger partial charge on any atom is 0.258 e. The van der Waals surface area contributed by atoms with Crippen LogP contribution in [0.15, 0.2) is 46.0 Å². The van der Waals surface area contributed by atoms with E-state index in [4.69, 9.17) is 0 Å². The molecule has 0 amide bonds. The Bertz CT molecular complexity index is 1140. The van der Waals surface area contributed by atoms with Crippen molar-refractivity contribution in [3.05, 3.63) is 79.9 Å². The molecule has 25 heavy (non-hydrogen) atoms. The van der Waals surface area contributed by atoms with Crippen molar-refractivity contribution in [1.29, 1.82) is 0 Å². The summed E-state index contributed by atoms with van der Waals surface area (Å²) in [6.45, 7) is 3.52. The third-order valence-corrected chi connectivity index (χ3v) is 4.18. The fourth-order valence-corrected chi connectivity index (χ4v) is 3.06. The van der Waals surface area contributed by atoms with Crippen molar-refractivity contribution in [2.75, 3.05) is 0 Å². The normalized spacial score (nSPS) is 11.3. The number of hydrogen-bond donors (Lipinski definition) is 2. The van der Waals surface area contributed by atoms with E-state index in [0.29, 0.717) is 39.9 Å². The van der Waals surface area contributed by atoms with E-state index in [2.05, 4.69) is 19.9 Å². The second-order valence-electron chi connectivity index (χ2n) is 6.18. The molecule has 124 valence electrons. The van der Waals surface area contributed by atoms with Crippen LogP contribution in [-0.2, 0) is 6.42 Å². The summed E-state index contributed by atoms with van der Waals surface area (Å²) >= 11 is 0. The molecule has 2 aromatic carbocycles. The van der Waals surface area contributed by atoms with Gasteiger partial charge >= 0.3 is 0 Å². The highest BCUT2D eigenvalue weighted by Crippen LogP contribution is 2.17. The van der Waals surface area contributed by atoms with Gasteiger partial charge in [-0.2, -0.15) is 0 Å². The minimum absolute atomic E-state index is 0.140. The van der Waals surface area contributed by atoms with Crippen LogP contribution in [0, 0.1) is 13.8 Å². The highest BCUT2D eigenvalue weighted by atomic mass is 16.1. The quantitative estimate of drug-likeness (QED) is 0.589. The van der Waals surface area contributed by atoms with E-state index in [1.807, 2.05) is 36.4 Å². The summed E-state index contributed by atoms with van der Waals surface area (Å²) in [7, 11) is 0. The fraction of sp³-hybridized carbons (Fsp3) is 0.158. The number of rotatable bonds is 2.